The number of fused-ring (bicyclic) bond motifs is 3. The maximum absolute atomic E-state index is 15.0. The van der Waals surface area contributed by atoms with Crippen LogP contribution in [-0.2, 0) is 0 Å². The van der Waals surface area contributed by atoms with Crippen LogP contribution in [0.15, 0.2) is 27.3 Å². The summed E-state index contributed by atoms with van der Waals surface area (Å²) in [5, 5.41) is 11.8. The molecule has 9 nitrogen and oxygen atoms in total. The van der Waals surface area contributed by atoms with Crippen LogP contribution in [0, 0.1) is 5.82 Å². The Hall–Kier alpha value is -3.12. The minimum atomic E-state index is -1.31. The van der Waals surface area contributed by atoms with E-state index in [2.05, 4.69) is 4.98 Å². The molecule has 2 aliphatic rings. The van der Waals surface area contributed by atoms with E-state index >= 15 is 4.39 Å². The summed E-state index contributed by atoms with van der Waals surface area (Å²) in [4.78, 5) is 44.4. The van der Waals surface area contributed by atoms with Crippen molar-refractivity contribution in [1.82, 2.24) is 14.5 Å². The minimum Gasteiger partial charge on any atom is -0.477 e. The molecule has 1 unspecified atom stereocenters. The summed E-state index contributed by atoms with van der Waals surface area (Å²) in [6, 6.07) is 2.73. The van der Waals surface area contributed by atoms with Crippen LogP contribution >= 0.6 is 23.1 Å². The third kappa shape index (κ3) is 3.13. The van der Waals surface area contributed by atoms with Gasteiger partial charge in [0.1, 0.15) is 17.1 Å². The Morgan fingerprint density at radius 1 is 1.25 bits per heavy atom. The molecular weight excluding hydrogens is 457 g/mol. The van der Waals surface area contributed by atoms with Gasteiger partial charge in [0.15, 0.2) is 5.13 Å². The number of thioether (sulfide) groups is 1. The largest absolute Gasteiger partial charge is 0.477 e. The van der Waals surface area contributed by atoms with Gasteiger partial charge in [0.25, 0.3) is 5.91 Å². The van der Waals surface area contributed by atoms with Crippen LogP contribution < -0.4 is 16.1 Å². The summed E-state index contributed by atoms with van der Waals surface area (Å²) < 4.78 is 16.8. The number of carboxylic acid groups (broad SMARTS) is 1. The molecule has 3 N–H and O–H groups in total. The molecule has 1 aromatic carbocycles. The number of hydrogen-bond acceptors (Lipinski definition) is 8. The number of carboxylic acids is 1. The molecule has 3 aromatic rings. The number of carbonyl (C=O) groups is 2. The van der Waals surface area contributed by atoms with Crippen LogP contribution in [0.2, 0.25) is 0 Å². The molecule has 0 bridgehead atoms. The Balaban J connectivity index is 1.46. The van der Waals surface area contributed by atoms with Crippen molar-refractivity contribution in [2.75, 3.05) is 36.8 Å². The molecule has 1 amide bonds. The number of aromatic nitrogens is 2. The first-order valence-corrected chi connectivity index (χ1v) is 11.6. The number of rotatable bonds is 3. The number of thiazole rings is 1. The van der Waals surface area contributed by atoms with Gasteiger partial charge in [-0.25, -0.2) is 14.2 Å². The van der Waals surface area contributed by atoms with E-state index in [1.807, 2.05) is 11.8 Å². The highest BCUT2D eigenvalue weighted by molar-refractivity contribution is 8.00. The van der Waals surface area contributed by atoms with Gasteiger partial charge in [-0.3, -0.25) is 9.59 Å². The fourth-order valence-electron chi connectivity index (χ4n) is 4.16. The van der Waals surface area contributed by atoms with Gasteiger partial charge < -0.3 is 25.2 Å². The molecule has 1 atom stereocenters. The van der Waals surface area contributed by atoms with Crippen LogP contribution in [0.4, 0.5) is 15.2 Å². The lowest BCUT2D eigenvalue weighted by Crippen LogP contribution is -2.49. The van der Waals surface area contributed by atoms with E-state index in [0.717, 1.165) is 6.07 Å². The fourth-order valence-corrected chi connectivity index (χ4v) is 5.86. The standard InChI is InChI=1S/C20H18FN5O4S2/c1-9-26-13-7-14(11(21)6-10(13)16(27)15(19(29)30)18(26)32-9)24-2-4-25(5-3-24)17(28)12-8-31-20(22)23-12/h6-9H,2-5H2,1H3,(H2,22,23)(H,29,30). The van der Waals surface area contributed by atoms with Crippen molar-refractivity contribution < 1.29 is 19.1 Å². The zero-order valence-electron chi connectivity index (χ0n) is 16.9. The first-order valence-electron chi connectivity index (χ1n) is 9.83. The van der Waals surface area contributed by atoms with E-state index in [1.165, 1.54) is 23.1 Å². The first-order chi connectivity index (χ1) is 15.3. The molecular formula is C20H18FN5O4S2. The van der Waals surface area contributed by atoms with E-state index in [9.17, 15) is 19.5 Å². The fraction of sp³-hybridized carbons (Fsp3) is 0.300. The number of nitrogen functional groups attached to an aromatic ring is 1. The lowest BCUT2D eigenvalue weighted by molar-refractivity contribution is 0.0688. The molecule has 12 heteroatoms. The highest BCUT2D eigenvalue weighted by Gasteiger charge is 2.33. The maximum Gasteiger partial charge on any atom is 0.342 e. The molecule has 5 rings (SSSR count). The van der Waals surface area contributed by atoms with Crippen molar-refractivity contribution in [1.29, 1.82) is 0 Å². The smallest absolute Gasteiger partial charge is 0.342 e. The second-order valence-electron chi connectivity index (χ2n) is 7.57. The summed E-state index contributed by atoms with van der Waals surface area (Å²) >= 11 is 2.51. The molecule has 1 fully saturated rings. The number of anilines is 2. The molecule has 0 radical (unpaired) electrons. The number of nitrogens with two attached hydrogens (primary N) is 1. The Kier molecular flexibility index (Phi) is 4.86. The molecule has 0 spiro atoms. The molecule has 1 saturated heterocycles. The van der Waals surface area contributed by atoms with E-state index in [4.69, 9.17) is 5.73 Å². The maximum atomic E-state index is 15.0. The Morgan fingerprint density at radius 3 is 2.56 bits per heavy atom. The second kappa shape index (κ2) is 7.48. The SMILES string of the molecule is CC1Sc2c(C(=O)O)c(=O)c3cc(F)c(N4CCN(C(=O)c5csc(N)n5)CC4)cc3n21. The number of hydrogen-bond donors (Lipinski definition) is 2. The number of halogens is 1. The molecule has 166 valence electrons. The molecule has 2 aromatic heterocycles. The van der Waals surface area contributed by atoms with Crippen molar-refractivity contribution in [2.45, 2.75) is 17.3 Å². The summed E-state index contributed by atoms with van der Waals surface area (Å²) in [5.74, 6) is -2.12. The van der Waals surface area contributed by atoms with E-state index in [0.29, 0.717) is 53.2 Å². The van der Waals surface area contributed by atoms with Crippen molar-refractivity contribution in [2.24, 2.45) is 0 Å². The lowest BCUT2D eigenvalue weighted by atomic mass is 10.1. The summed E-state index contributed by atoms with van der Waals surface area (Å²) in [6.45, 7) is 3.47. The van der Waals surface area contributed by atoms with Crippen molar-refractivity contribution in [3.05, 3.63) is 44.8 Å². The highest BCUT2D eigenvalue weighted by atomic mass is 32.2. The van der Waals surface area contributed by atoms with Gasteiger partial charge >= 0.3 is 5.97 Å². The zero-order chi connectivity index (χ0) is 22.7. The van der Waals surface area contributed by atoms with E-state index < -0.39 is 17.2 Å². The van der Waals surface area contributed by atoms with Crippen molar-refractivity contribution in [3.8, 4) is 0 Å². The zero-order valence-corrected chi connectivity index (χ0v) is 18.5. The van der Waals surface area contributed by atoms with Gasteiger partial charge in [-0.05, 0) is 19.1 Å². The van der Waals surface area contributed by atoms with Gasteiger partial charge in [-0.1, -0.05) is 11.8 Å². The third-order valence-electron chi connectivity index (χ3n) is 5.74. The van der Waals surface area contributed by atoms with Crippen molar-refractivity contribution in [3.63, 3.8) is 0 Å². The number of carbonyl (C=O) groups excluding carboxylic acids is 1. The van der Waals surface area contributed by atoms with Gasteiger partial charge in [-0.2, -0.15) is 0 Å². The monoisotopic (exact) mass is 475 g/mol. The number of amides is 1. The molecule has 4 heterocycles. The Labute approximate surface area is 189 Å². The molecule has 2 aliphatic heterocycles. The quantitative estimate of drug-likeness (QED) is 0.593. The number of aromatic carboxylic acids is 1. The topological polar surface area (TPSA) is 122 Å². The van der Waals surface area contributed by atoms with E-state index in [-0.39, 0.29) is 22.2 Å². The normalized spacial score (nSPS) is 17.9. The van der Waals surface area contributed by atoms with Gasteiger partial charge in [0.05, 0.1) is 21.6 Å². The minimum absolute atomic E-state index is 0.0504. The van der Waals surface area contributed by atoms with Crippen molar-refractivity contribution >= 4 is 56.7 Å². The number of benzene rings is 1. The third-order valence-corrected chi connectivity index (χ3v) is 7.59. The lowest BCUT2D eigenvalue weighted by Gasteiger charge is -2.37. The van der Waals surface area contributed by atoms with Crippen LogP contribution in [0.5, 0.6) is 0 Å². The van der Waals surface area contributed by atoms with E-state index in [1.54, 1.807) is 20.9 Å². The average molecular weight is 476 g/mol. The Morgan fingerprint density at radius 2 is 1.97 bits per heavy atom. The van der Waals surface area contributed by atoms with Crippen LogP contribution in [0.3, 0.4) is 0 Å². The number of pyridine rings is 1. The second-order valence-corrected chi connectivity index (χ2v) is 9.77. The Bertz CT molecular complexity index is 1350. The van der Waals surface area contributed by atoms with Crippen LogP contribution in [-0.4, -0.2) is 57.6 Å². The molecule has 0 aliphatic carbocycles. The molecule has 32 heavy (non-hydrogen) atoms. The summed E-state index contributed by atoms with van der Waals surface area (Å²) in [7, 11) is 0. The van der Waals surface area contributed by atoms with Crippen LogP contribution in [0.25, 0.3) is 10.9 Å². The average Bonchev–Trinajstić information content (AvgIpc) is 3.19. The van der Waals surface area contributed by atoms with Gasteiger partial charge in [0.2, 0.25) is 5.43 Å². The summed E-state index contributed by atoms with van der Waals surface area (Å²) in [6.07, 6.45) is 0. The predicted octanol–water partition coefficient (Wildman–Crippen LogP) is 2.46. The first kappa shape index (κ1) is 20.8. The number of nitrogens with zero attached hydrogens (tertiary/aromatic N) is 4. The van der Waals surface area contributed by atoms with Gasteiger partial charge in [0, 0.05) is 36.9 Å². The predicted molar refractivity (Wildman–Crippen MR) is 120 cm³/mol. The van der Waals surface area contributed by atoms with Gasteiger partial charge in [-0.15, -0.1) is 11.3 Å². The molecule has 0 saturated carbocycles. The highest BCUT2D eigenvalue weighted by Crippen LogP contribution is 2.46. The summed E-state index contributed by atoms with van der Waals surface area (Å²) in [5.41, 5.74) is 5.75. The van der Waals surface area contributed by atoms with Crippen LogP contribution in [0.1, 0.15) is 33.1 Å². The number of piperazine rings is 1.